The van der Waals surface area contributed by atoms with Crippen LogP contribution in [0, 0.1) is 0 Å². The number of aliphatic hydroxyl groups is 1. The third-order valence-corrected chi connectivity index (χ3v) is 2.53. The van der Waals surface area contributed by atoms with Crippen LogP contribution in [-0.2, 0) is 6.54 Å². The Bertz CT molecular complexity index is 349. The van der Waals surface area contributed by atoms with Crippen LogP contribution in [0.2, 0.25) is 0 Å². The molecule has 0 heterocycles. The molecule has 1 rings (SSSR count). The van der Waals surface area contributed by atoms with Crippen LogP contribution in [0.15, 0.2) is 30.3 Å². The Hall–Kier alpha value is -1.55. The maximum atomic E-state index is 11.1. The van der Waals surface area contributed by atoms with E-state index in [0.717, 1.165) is 5.56 Å². The molecular weight excluding hydrogens is 206 g/mol. The first-order chi connectivity index (χ1) is 7.47. The molecule has 0 saturated carbocycles. The first-order valence-electron chi connectivity index (χ1n) is 5.13. The molecule has 0 radical (unpaired) electrons. The van der Waals surface area contributed by atoms with Gasteiger partial charge in [-0.2, -0.15) is 0 Å². The Morgan fingerprint density at radius 2 is 1.88 bits per heavy atom. The molecule has 4 nitrogen and oxygen atoms in total. The molecule has 0 saturated heterocycles. The molecular formula is C12H17NO3. The number of aliphatic hydroxyl groups excluding tert-OH is 1. The van der Waals surface area contributed by atoms with Crippen molar-refractivity contribution in [2.45, 2.75) is 25.9 Å². The number of amides is 1. The Labute approximate surface area is 95.1 Å². The van der Waals surface area contributed by atoms with Gasteiger partial charge in [-0.05, 0) is 19.4 Å². The summed E-state index contributed by atoms with van der Waals surface area (Å²) < 4.78 is 0. The molecule has 88 valence electrons. The second-order valence-corrected chi connectivity index (χ2v) is 4.32. The molecule has 16 heavy (non-hydrogen) atoms. The first-order valence-corrected chi connectivity index (χ1v) is 5.13. The summed E-state index contributed by atoms with van der Waals surface area (Å²) in [5, 5.41) is 18.3. The quantitative estimate of drug-likeness (QED) is 0.820. The van der Waals surface area contributed by atoms with Crippen LogP contribution in [-0.4, -0.2) is 33.4 Å². The molecule has 0 aliphatic carbocycles. The topological polar surface area (TPSA) is 60.8 Å². The van der Waals surface area contributed by atoms with Gasteiger partial charge in [0.15, 0.2) is 0 Å². The van der Waals surface area contributed by atoms with E-state index in [1.165, 1.54) is 4.90 Å². The van der Waals surface area contributed by atoms with E-state index in [0.29, 0.717) is 0 Å². The Morgan fingerprint density at radius 3 is 2.31 bits per heavy atom. The number of benzene rings is 1. The molecule has 0 fully saturated rings. The molecule has 0 aromatic heterocycles. The summed E-state index contributed by atoms with van der Waals surface area (Å²) in [6.07, 6.45) is -1.03. The molecule has 0 aliphatic heterocycles. The fraction of sp³-hybridized carbons (Fsp3) is 0.417. The lowest BCUT2D eigenvalue weighted by Gasteiger charge is -2.34. The van der Waals surface area contributed by atoms with Crippen LogP contribution in [0.5, 0.6) is 0 Å². The van der Waals surface area contributed by atoms with Gasteiger partial charge in [0.2, 0.25) is 0 Å². The second kappa shape index (κ2) is 4.99. The van der Waals surface area contributed by atoms with Gasteiger partial charge in [0.05, 0.1) is 12.1 Å². The number of rotatable bonds is 4. The predicted molar refractivity (Wildman–Crippen MR) is 61.2 cm³/mol. The van der Waals surface area contributed by atoms with Crippen molar-refractivity contribution in [2.24, 2.45) is 0 Å². The molecule has 1 aromatic carbocycles. The van der Waals surface area contributed by atoms with Gasteiger partial charge in [0.1, 0.15) is 0 Å². The summed E-state index contributed by atoms with van der Waals surface area (Å²) >= 11 is 0. The Balaban J connectivity index is 2.85. The number of nitrogens with zero attached hydrogens (tertiary/aromatic N) is 1. The van der Waals surface area contributed by atoms with Crippen molar-refractivity contribution in [2.75, 3.05) is 6.61 Å². The van der Waals surface area contributed by atoms with Crippen LogP contribution >= 0.6 is 0 Å². The molecule has 4 heteroatoms. The molecule has 0 spiro atoms. The molecule has 1 aromatic rings. The van der Waals surface area contributed by atoms with Crippen molar-refractivity contribution < 1.29 is 15.0 Å². The van der Waals surface area contributed by atoms with Crippen LogP contribution in [0.1, 0.15) is 19.4 Å². The van der Waals surface area contributed by atoms with Gasteiger partial charge < -0.3 is 10.2 Å². The molecule has 0 bridgehead atoms. The van der Waals surface area contributed by atoms with E-state index in [2.05, 4.69) is 0 Å². The van der Waals surface area contributed by atoms with E-state index in [1.54, 1.807) is 13.8 Å². The zero-order valence-electron chi connectivity index (χ0n) is 9.55. The van der Waals surface area contributed by atoms with Gasteiger partial charge in [0, 0.05) is 6.54 Å². The van der Waals surface area contributed by atoms with Crippen molar-refractivity contribution in [3.05, 3.63) is 35.9 Å². The molecule has 0 atom stereocenters. The van der Waals surface area contributed by atoms with E-state index in [-0.39, 0.29) is 13.2 Å². The normalized spacial score (nSPS) is 11.2. The van der Waals surface area contributed by atoms with Gasteiger partial charge >= 0.3 is 6.09 Å². The summed E-state index contributed by atoms with van der Waals surface area (Å²) in [6.45, 7) is 3.48. The lowest BCUT2D eigenvalue weighted by atomic mass is 10.0. The summed E-state index contributed by atoms with van der Waals surface area (Å²) in [6, 6.07) is 9.33. The average molecular weight is 223 g/mol. The molecule has 2 N–H and O–H groups in total. The number of hydrogen-bond acceptors (Lipinski definition) is 2. The van der Waals surface area contributed by atoms with Gasteiger partial charge in [-0.25, -0.2) is 4.79 Å². The Morgan fingerprint density at radius 1 is 1.31 bits per heavy atom. The highest BCUT2D eigenvalue weighted by molar-refractivity contribution is 5.66. The smallest absolute Gasteiger partial charge is 0.408 e. The van der Waals surface area contributed by atoms with E-state index in [9.17, 15) is 9.90 Å². The van der Waals surface area contributed by atoms with Crippen molar-refractivity contribution in [3.8, 4) is 0 Å². The largest absolute Gasteiger partial charge is 0.465 e. The predicted octanol–water partition coefficient (Wildman–Crippen LogP) is 1.94. The standard InChI is InChI=1S/C12H17NO3/c1-12(2,9-14)13(11(15)16)8-10-6-4-3-5-7-10/h3-7,14H,8-9H2,1-2H3,(H,15,16). The van der Waals surface area contributed by atoms with Crippen LogP contribution in [0.3, 0.4) is 0 Å². The van der Waals surface area contributed by atoms with Crippen molar-refractivity contribution in [1.29, 1.82) is 0 Å². The maximum Gasteiger partial charge on any atom is 0.408 e. The van der Waals surface area contributed by atoms with Gasteiger partial charge in [-0.1, -0.05) is 30.3 Å². The van der Waals surface area contributed by atoms with Crippen LogP contribution < -0.4 is 0 Å². The number of carboxylic acid groups (broad SMARTS) is 1. The maximum absolute atomic E-state index is 11.1. The van der Waals surface area contributed by atoms with E-state index < -0.39 is 11.6 Å². The lowest BCUT2D eigenvalue weighted by Crippen LogP contribution is -2.49. The first kappa shape index (κ1) is 12.5. The van der Waals surface area contributed by atoms with Crippen molar-refractivity contribution in [3.63, 3.8) is 0 Å². The summed E-state index contributed by atoms with van der Waals surface area (Å²) in [5.74, 6) is 0. The summed E-state index contributed by atoms with van der Waals surface area (Å²) in [5.41, 5.74) is 0.133. The van der Waals surface area contributed by atoms with Crippen LogP contribution in [0.4, 0.5) is 4.79 Å². The van der Waals surface area contributed by atoms with Gasteiger partial charge in [0.25, 0.3) is 0 Å². The summed E-state index contributed by atoms with van der Waals surface area (Å²) in [7, 11) is 0. The average Bonchev–Trinajstić information content (AvgIpc) is 2.26. The number of hydrogen-bond donors (Lipinski definition) is 2. The highest BCUT2D eigenvalue weighted by Crippen LogP contribution is 2.17. The minimum atomic E-state index is -1.03. The van der Waals surface area contributed by atoms with Gasteiger partial charge in [-0.3, -0.25) is 4.90 Å². The molecule has 0 unspecified atom stereocenters. The lowest BCUT2D eigenvalue weighted by molar-refractivity contribution is 0.0498. The highest BCUT2D eigenvalue weighted by Gasteiger charge is 2.30. The van der Waals surface area contributed by atoms with Crippen molar-refractivity contribution >= 4 is 6.09 Å². The van der Waals surface area contributed by atoms with E-state index >= 15 is 0 Å². The zero-order valence-corrected chi connectivity index (χ0v) is 9.55. The minimum Gasteiger partial charge on any atom is -0.465 e. The zero-order chi connectivity index (χ0) is 12.2. The molecule has 1 amide bonds. The Kier molecular flexibility index (Phi) is 3.90. The van der Waals surface area contributed by atoms with Gasteiger partial charge in [-0.15, -0.1) is 0 Å². The van der Waals surface area contributed by atoms with Crippen molar-refractivity contribution in [1.82, 2.24) is 4.90 Å². The summed E-state index contributed by atoms with van der Waals surface area (Å²) in [4.78, 5) is 12.4. The fourth-order valence-electron chi connectivity index (χ4n) is 1.39. The highest BCUT2D eigenvalue weighted by atomic mass is 16.4. The third kappa shape index (κ3) is 2.97. The molecule has 0 aliphatic rings. The second-order valence-electron chi connectivity index (χ2n) is 4.32. The van der Waals surface area contributed by atoms with Crippen LogP contribution in [0.25, 0.3) is 0 Å². The SMILES string of the molecule is CC(C)(CO)N(Cc1ccccc1)C(=O)O. The monoisotopic (exact) mass is 223 g/mol. The third-order valence-electron chi connectivity index (χ3n) is 2.53. The fourth-order valence-corrected chi connectivity index (χ4v) is 1.39. The minimum absolute atomic E-state index is 0.202. The number of carbonyl (C=O) groups is 1. The van der Waals surface area contributed by atoms with E-state index in [4.69, 9.17) is 5.11 Å². The van der Waals surface area contributed by atoms with E-state index in [1.807, 2.05) is 30.3 Å².